The molecule has 5 atom stereocenters. The highest BCUT2D eigenvalue weighted by Crippen LogP contribution is 2.21. The first kappa shape index (κ1) is 11.8. The molecule has 0 radical (unpaired) electrons. The van der Waals surface area contributed by atoms with Gasteiger partial charge in [0.15, 0.2) is 6.29 Å². The number of ether oxygens (including phenoxy) is 2. The molecule has 4 N–H and O–H groups in total. The van der Waals surface area contributed by atoms with E-state index in [1.54, 1.807) is 6.92 Å². The average Bonchev–Trinajstić information content (AvgIpc) is 2.18. The Morgan fingerprint density at radius 1 is 1.21 bits per heavy atom. The van der Waals surface area contributed by atoms with Crippen LogP contribution in [0.4, 0.5) is 0 Å². The molecule has 0 aromatic carbocycles. The quantitative estimate of drug-likeness (QED) is 0.421. The predicted octanol–water partition coefficient (Wildman–Crippen LogP) is -2.18. The zero-order valence-electron chi connectivity index (χ0n) is 7.91. The summed E-state index contributed by atoms with van der Waals surface area (Å²) in [4.78, 5) is 0. The molecule has 1 fully saturated rings. The van der Waals surface area contributed by atoms with Crippen molar-refractivity contribution in [1.82, 2.24) is 0 Å². The summed E-state index contributed by atoms with van der Waals surface area (Å²) < 4.78 is 9.82. The van der Waals surface area contributed by atoms with Gasteiger partial charge in [0, 0.05) is 6.61 Å². The van der Waals surface area contributed by atoms with E-state index in [9.17, 15) is 15.3 Å². The lowest BCUT2D eigenvalue weighted by Crippen LogP contribution is -2.59. The Balaban J connectivity index is 2.67. The molecular formula is C8H16O6. The summed E-state index contributed by atoms with van der Waals surface area (Å²) in [6.45, 7) is 1.56. The Morgan fingerprint density at radius 2 is 1.86 bits per heavy atom. The summed E-state index contributed by atoms with van der Waals surface area (Å²) in [6.07, 6.45) is -5.73. The van der Waals surface area contributed by atoms with E-state index >= 15 is 0 Å². The smallest absolute Gasteiger partial charge is 0.184 e. The maximum absolute atomic E-state index is 9.57. The topological polar surface area (TPSA) is 99.4 Å². The van der Waals surface area contributed by atoms with Crippen LogP contribution in [0.25, 0.3) is 0 Å². The molecule has 0 saturated carbocycles. The third-order valence-electron chi connectivity index (χ3n) is 2.20. The minimum absolute atomic E-state index is 0.295. The summed E-state index contributed by atoms with van der Waals surface area (Å²) >= 11 is 0. The predicted molar refractivity (Wildman–Crippen MR) is 45.4 cm³/mol. The fraction of sp³-hybridized carbons (Fsp3) is 1.00. The second-order valence-electron chi connectivity index (χ2n) is 3.15. The lowest BCUT2D eigenvalue weighted by Gasteiger charge is -2.39. The van der Waals surface area contributed by atoms with Crippen LogP contribution in [0, 0.1) is 0 Å². The van der Waals surface area contributed by atoms with Crippen molar-refractivity contribution in [1.29, 1.82) is 0 Å². The van der Waals surface area contributed by atoms with Gasteiger partial charge in [-0.2, -0.15) is 0 Å². The largest absolute Gasteiger partial charge is 0.394 e. The standard InChI is InChI=1S/C8H16O6/c1-2-13-7-5(10)4(3-9)14-8(12)6(7)11/h4-12H,2-3H2,1H3/t4-,5-,6-,7+,8+/m1/s1. The van der Waals surface area contributed by atoms with E-state index in [-0.39, 0.29) is 0 Å². The van der Waals surface area contributed by atoms with Crippen LogP contribution in [0.3, 0.4) is 0 Å². The number of aliphatic hydroxyl groups is 4. The molecule has 1 heterocycles. The van der Waals surface area contributed by atoms with Gasteiger partial charge in [0.05, 0.1) is 6.61 Å². The third-order valence-corrected chi connectivity index (χ3v) is 2.20. The Morgan fingerprint density at radius 3 is 2.36 bits per heavy atom. The molecule has 1 aliphatic heterocycles. The molecule has 84 valence electrons. The van der Waals surface area contributed by atoms with Crippen LogP contribution in [0.1, 0.15) is 6.92 Å². The average molecular weight is 208 g/mol. The van der Waals surface area contributed by atoms with Crippen molar-refractivity contribution in [3.05, 3.63) is 0 Å². The van der Waals surface area contributed by atoms with Gasteiger partial charge in [-0.25, -0.2) is 0 Å². The van der Waals surface area contributed by atoms with Crippen LogP contribution in [0.5, 0.6) is 0 Å². The molecular weight excluding hydrogens is 192 g/mol. The van der Waals surface area contributed by atoms with Gasteiger partial charge in [-0.15, -0.1) is 0 Å². The first-order valence-corrected chi connectivity index (χ1v) is 4.54. The van der Waals surface area contributed by atoms with Crippen molar-refractivity contribution in [3.63, 3.8) is 0 Å². The van der Waals surface area contributed by atoms with Crippen LogP contribution in [0.2, 0.25) is 0 Å². The van der Waals surface area contributed by atoms with Gasteiger partial charge >= 0.3 is 0 Å². The highest BCUT2D eigenvalue weighted by Gasteiger charge is 2.44. The number of hydrogen-bond donors (Lipinski definition) is 4. The van der Waals surface area contributed by atoms with E-state index in [1.807, 2.05) is 0 Å². The third kappa shape index (κ3) is 2.22. The van der Waals surface area contributed by atoms with Crippen LogP contribution in [-0.2, 0) is 9.47 Å². The monoisotopic (exact) mass is 208 g/mol. The summed E-state index contributed by atoms with van der Waals surface area (Å²) in [5.74, 6) is 0. The molecule has 0 unspecified atom stereocenters. The molecule has 1 aliphatic rings. The number of aliphatic hydroxyl groups excluding tert-OH is 4. The molecule has 0 aliphatic carbocycles. The zero-order valence-corrected chi connectivity index (χ0v) is 7.91. The lowest BCUT2D eigenvalue weighted by atomic mass is 9.99. The van der Waals surface area contributed by atoms with Crippen LogP contribution in [0.15, 0.2) is 0 Å². The summed E-state index contributed by atoms with van der Waals surface area (Å²) in [6, 6.07) is 0. The minimum Gasteiger partial charge on any atom is -0.394 e. The summed E-state index contributed by atoms with van der Waals surface area (Å²) in [7, 11) is 0. The van der Waals surface area contributed by atoms with E-state index in [2.05, 4.69) is 0 Å². The molecule has 1 rings (SSSR count). The van der Waals surface area contributed by atoms with Crippen molar-refractivity contribution in [2.45, 2.75) is 37.6 Å². The van der Waals surface area contributed by atoms with Crippen molar-refractivity contribution in [2.24, 2.45) is 0 Å². The SMILES string of the molecule is CCO[C@@H]1[C@@H](O)[C@@H](O)O[C@H](CO)[C@H]1O. The van der Waals surface area contributed by atoms with Crippen molar-refractivity contribution in [2.75, 3.05) is 13.2 Å². The maximum atomic E-state index is 9.57. The molecule has 0 amide bonds. The van der Waals surface area contributed by atoms with Gasteiger partial charge in [0.1, 0.15) is 24.4 Å². The highest BCUT2D eigenvalue weighted by atomic mass is 16.6. The van der Waals surface area contributed by atoms with E-state index < -0.39 is 37.3 Å². The van der Waals surface area contributed by atoms with Crippen molar-refractivity contribution < 1.29 is 29.9 Å². The molecule has 0 spiro atoms. The second-order valence-corrected chi connectivity index (χ2v) is 3.15. The van der Waals surface area contributed by atoms with Gasteiger partial charge in [0.2, 0.25) is 0 Å². The van der Waals surface area contributed by atoms with E-state index in [4.69, 9.17) is 14.6 Å². The molecule has 6 nitrogen and oxygen atoms in total. The first-order chi connectivity index (χ1) is 6.61. The maximum Gasteiger partial charge on any atom is 0.184 e. The van der Waals surface area contributed by atoms with Crippen LogP contribution < -0.4 is 0 Å². The number of hydrogen-bond acceptors (Lipinski definition) is 6. The normalized spacial score (nSPS) is 43.9. The fourth-order valence-corrected chi connectivity index (χ4v) is 1.46. The Bertz CT molecular complexity index is 175. The van der Waals surface area contributed by atoms with E-state index in [0.717, 1.165) is 0 Å². The highest BCUT2D eigenvalue weighted by molar-refractivity contribution is 4.89. The molecule has 1 saturated heterocycles. The Kier molecular flexibility index (Phi) is 4.24. The van der Waals surface area contributed by atoms with Crippen LogP contribution in [-0.4, -0.2) is 64.3 Å². The van der Waals surface area contributed by atoms with Crippen molar-refractivity contribution >= 4 is 0 Å². The molecule has 0 bridgehead atoms. The Labute approximate surface area is 81.7 Å². The van der Waals surface area contributed by atoms with Gasteiger partial charge < -0.3 is 29.9 Å². The van der Waals surface area contributed by atoms with Gasteiger partial charge in [-0.05, 0) is 6.92 Å². The van der Waals surface area contributed by atoms with Crippen LogP contribution >= 0.6 is 0 Å². The molecule has 14 heavy (non-hydrogen) atoms. The fourth-order valence-electron chi connectivity index (χ4n) is 1.46. The second kappa shape index (κ2) is 5.01. The summed E-state index contributed by atoms with van der Waals surface area (Å²) in [5.41, 5.74) is 0. The molecule has 6 heteroatoms. The molecule has 0 aromatic rings. The lowest BCUT2D eigenvalue weighted by molar-refractivity contribution is -0.293. The summed E-state index contributed by atoms with van der Waals surface area (Å²) in [5, 5.41) is 37.0. The van der Waals surface area contributed by atoms with Crippen molar-refractivity contribution in [3.8, 4) is 0 Å². The van der Waals surface area contributed by atoms with E-state index in [1.165, 1.54) is 0 Å². The van der Waals surface area contributed by atoms with Gasteiger partial charge in [0.25, 0.3) is 0 Å². The van der Waals surface area contributed by atoms with Gasteiger partial charge in [-0.1, -0.05) is 0 Å². The zero-order chi connectivity index (χ0) is 10.7. The Hall–Kier alpha value is -0.240. The first-order valence-electron chi connectivity index (χ1n) is 4.54. The van der Waals surface area contributed by atoms with Gasteiger partial charge in [-0.3, -0.25) is 0 Å². The van der Waals surface area contributed by atoms with E-state index in [0.29, 0.717) is 6.61 Å². The molecule has 0 aromatic heterocycles. The minimum atomic E-state index is -1.44. The number of rotatable bonds is 3.